The average Bonchev–Trinajstić information content (AvgIpc) is 3.49. The summed E-state index contributed by atoms with van der Waals surface area (Å²) in [6, 6.07) is 1.83. The summed E-state index contributed by atoms with van der Waals surface area (Å²) in [7, 11) is 0. The molecule has 2 fully saturated rings. The fourth-order valence-corrected chi connectivity index (χ4v) is 6.48. The van der Waals surface area contributed by atoms with E-state index in [1.165, 1.54) is 29.8 Å². The first-order chi connectivity index (χ1) is 17.1. The molecular weight excluding hydrogens is 470 g/mol. The Labute approximate surface area is 220 Å². The lowest BCUT2D eigenvalue weighted by Crippen LogP contribution is -2.47. The Balaban J connectivity index is 1.61. The quantitative estimate of drug-likeness (QED) is 0.324. The fourth-order valence-electron chi connectivity index (χ4n) is 5.64. The standard InChI is InChI=1S/C30H41NO4S/c1-20-9-11-21(12-10-20)28(32)31(22-13-15-24(16-14-22)35-23-7-5-6-8-23)26-19-25(17-18-30(2,3)4)36-27(26)29(33)34/h9,19,21-24H,5-8,10-16H2,1-4H3,(H,33,34)/t21-,22?,24?/m1/s1. The molecule has 196 valence electrons. The van der Waals surface area contributed by atoms with Gasteiger partial charge in [-0.15, -0.1) is 11.3 Å². The number of nitrogens with zero attached hydrogens (tertiary/aromatic N) is 1. The molecule has 5 nitrogen and oxygen atoms in total. The van der Waals surface area contributed by atoms with E-state index in [1.54, 1.807) is 0 Å². The third-order valence-electron chi connectivity index (χ3n) is 7.65. The first-order valence-electron chi connectivity index (χ1n) is 13.6. The number of carboxylic acid groups (broad SMARTS) is 1. The second-order valence-corrected chi connectivity index (χ2v) is 12.9. The molecule has 36 heavy (non-hydrogen) atoms. The van der Waals surface area contributed by atoms with Gasteiger partial charge in [0.05, 0.1) is 22.8 Å². The highest BCUT2D eigenvalue weighted by Crippen LogP contribution is 2.39. The molecule has 0 saturated heterocycles. The van der Waals surface area contributed by atoms with Crippen molar-refractivity contribution < 1.29 is 19.4 Å². The van der Waals surface area contributed by atoms with E-state index in [4.69, 9.17) is 4.74 Å². The lowest BCUT2D eigenvalue weighted by molar-refractivity contribution is -0.123. The van der Waals surface area contributed by atoms with Gasteiger partial charge in [0.15, 0.2) is 0 Å². The Bertz CT molecular complexity index is 1040. The number of anilines is 1. The number of amides is 1. The zero-order chi connectivity index (χ0) is 25.9. The van der Waals surface area contributed by atoms with Crippen LogP contribution in [0.15, 0.2) is 17.7 Å². The molecule has 0 bridgehead atoms. The van der Waals surface area contributed by atoms with Crippen molar-refractivity contribution in [3.63, 3.8) is 0 Å². The highest BCUT2D eigenvalue weighted by atomic mass is 32.1. The largest absolute Gasteiger partial charge is 0.477 e. The van der Waals surface area contributed by atoms with Crippen LogP contribution < -0.4 is 4.90 Å². The molecule has 1 heterocycles. The highest BCUT2D eigenvalue weighted by molar-refractivity contribution is 7.15. The molecule has 0 radical (unpaired) electrons. The predicted molar refractivity (Wildman–Crippen MR) is 146 cm³/mol. The molecule has 3 aliphatic rings. The summed E-state index contributed by atoms with van der Waals surface area (Å²) in [4.78, 5) is 29.1. The first-order valence-corrected chi connectivity index (χ1v) is 14.5. The van der Waals surface area contributed by atoms with Gasteiger partial charge in [0.2, 0.25) is 5.91 Å². The second kappa shape index (κ2) is 11.5. The summed E-state index contributed by atoms with van der Waals surface area (Å²) in [6.45, 7) is 8.22. The van der Waals surface area contributed by atoms with E-state index >= 15 is 0 Å². The molecule has 6 heteroatoms. The van der Waals surface area contributed by atoms with Crippen LogP contribution in [0.4, 0.5) is 5.69 Å². The molecule has 0 spiro atoms. The maximum atomic E-state index is 14.0. The number of carbonyl (C=O) groups excluding carboxylic acids is 1. The van der Waals surface area contributed by atoms with Crippen LogP contribution >= 0.6 is 11.3 Å². The van der Waals surface area contributed by atoms with E-state index in [0.29, 0.717) is 16.7 Å². The molecular formula is C30H41NO4S. The van der Waals surface area contributed by atoms with Crippen LogP contribution in [0.2, 0.25) is 0 Å². The van der Waals surface area contributed by atoms with Gasteiger partial charge in [-0.2, -0.15) is 0 Å². The molecule has 1 atom stereocenters. The van der Waals surface area contributed by atoms with Crippen molar-refractivity contribution in [1.29, 1.82) is 0 Å². The van der Waals surface area contributed by atoms with Crippen LogP contribution in [-0.2, 0) is 9.53 Å². The van der Waals surface area contributed by atoms with E-state index in [1.807, 2.05) is 31.7 Å². The number of allylic oxidation sites excluding steroid dienone is 2. The average molecular weight is 512 g/mol. The van der Waals surface area contributed by atoms with E-state index in [2.05, 4.69) is 24.8 Å². The number of aromatic carboxylic acids is 1. The second-order valence-electron chi connectivity index (χ2n) is 11.8. The maximum absolute atomic E-state index is 14.0. The van der Waals surface area contributed by atoms with Crippen LogP contribution in [0.25, 0.3) is 0 Å². The molecule has 0 aliphatic heterocycles. The zero-order valence-electron chi connectivity index (χ0n) is 22.3. The fraction of sp³-hybridized carbons (Fsp3) is 0.667. The van der Waals surface area contributed by atoms with E-state index in [0.717, 1.165) is 57.8 Å². The van der Waals surface area contributed by atoms with Crippen LogP contribution in [0.3, 0.4) is 0 Å². The molecule has 4 rings (SSSR count). The number of hydrogen-bond acceptors (Lipinski definition) is 4. The number of carbonyl (C=O) groups is 2. The molecule has 1 N–H and O–H groups in total. The Morgan fingerprint density at radius 1 is 1.06 bits per heavy atom. The predicted octanol–water partition coefficient (Wildman–Crippen LogP) is 7.19. The zero-order valence-corrected chi connectivity index (χ0v) is 23.1. The summed E-state index contributed by atoms with van der Waals surface area (Å²) in [5.74, 6) is 5.35. The first kappa shape index (κ1) is 26.9. The van der Waals surface area contributed by atoms with E-state index in [-0.39, 0.29) is 34.3 Å². The van der Waals surface area contributed by atoms with E-state index < -0.39 is 5.97 Å². The van der Waals surface area contributed by atoms with Gasteiger partial charge in [-0.3, -0.25) is 4.79 Å². The lowest BCUT2D eigenvalue weighted by Gasteiger charge is -2.39. The van der Waals surface area contributed by atoms with Crippen molar-refractivity contribution in [3.05, 3.63) is 27.5 Å². The lowest BCUT2D eigenvalue weighted by atomic mass is 9.86. The maximum Gasteiger partial charge on any atom is 0.348 e. The van der Waals surface area contributed by atoms with Crippen LogP contribution in [0.5, 0.6) is 0 Å². The minimum atomic E-state index is -0.991. The van der Waals surface area contributed by atoms with Crippen LogP contribution in [0, 0.1) is 23.2 Å². The number of rotatable bonds is 6. The van der Waals surface area contributed by atoms with Gasteiger partial charge in [-0.1, -0.05) is 36.3 Å². The van der Waals surface area contributed by atoms with Gasteiger partial charge in [0.1, 0.15) is 4.88 Å². The Morgan fingerprint density at radius 3 is 2.31 bits per heavy atom. The van der Waals surface area contributed by atoms with Gasteiger partial charge in [-0.25, -0.2) is 4.79 Å². The number of thiophene rings is 1. The topological polar surface area (TPSA) is 66.8 Å². The van der Waals surface area contributed by atoms with Crippen molar-refractivity contribution in [2.75, 3.05) is 4.90 Å². The normalized spacial score (nSPS) is 25.1. The summed E-state index contributed by atoms with van der Waals surface area (Å²) < 4.78 is 6.38. The molecule has 1 aromatic rings. The number of ether oxygens (including phenoxy) is 1. The van der Waals surface area contributed by atoms with Gasteiger partial charge in [0.25, 0.3) is 0 Å². The number of hydrogen-bond donors (Lipinski definition) is 1. The third-order valence-corrected chi connectivity index (χ3v) is 8.68. The van der Waals surface area contributed by atoms with Crippen LogP contribution in [0.1, 0.15) is 113 Å². The van der Waals surface area contributed by atoms with Crippen molar-refractivity contribution in [2.45, 2.75) is 117 Å². The van der Waals surface area contributed by atoms with Gasteiger partial charge in [0, 0.05) is 17.4 Å². The Kier molecular flexibility index (Phi) is 8.63. The Morgan fingerprint density at radius 2 is 1.72 bits per heavy atom. The Hall–Kier alpha value is -2.10. The van der Waals surface area contributed by atoms with Crippen molar-refractivity contribution in [2.24, 2.45) is 11.3 Å². The summed E-state index contributed by atoms with van der Waals surface area (Å²) in [5, 5.41) is 10.1. The van der Waals surface area contributed by atoms with E-state index in [9.17, 15) is 14.7 Å². The monoisotopic (exact) mass is 511 g/mol. The molecule has 0 unspecified atom stereocenters. The van der Waals surface area contributed by atoms with Crippen molar-refractivity contribution in [1.82, 2.24) is 0 Å². The SMILES string of the molecule is CC1=CC[C@@H](C(=O)N(c2cc(C#CC(C)(C)C)sc2C(=O)O)C2CCC(OC3CCCC3)CC2)CC1. The van der Waals surface area contributed by atoms with Crippen molar-refractivity contribution in [3.8, 4) is 11.8 Å². The van der Waals surface area contributed by atoms with Crippen LogP contribution in [-0.4, -0.2) is 35.2 Å². The van der Waals surface area contributed by atoms with Crippen molar-refractivity contribution >= 4 is 28.9 Å². The third kappa shape index (κ3) is 6.81. The molecule has 1 aromatic heterocycles. The highest BCUT2D eigenvalue weighted by Gasteiger charge is 2.37. The summed E-state index contributed by atoms with van der Waals surface area (Å²) in [6.07, 6.45) is 13.6. The molecule has 0 aromatic carbocycles. The summed E-state index contributed by atoms with van der Waals surface area (Å²) >= 11 is 1.18. The molecule has 2 saturated carbocycles. The minimum Gasteiger partial charge on any atom is -0.477 e. The van der Waals surface area contributed by atoms with Gasteiger partial charge < -0.3 is 14.7 Å². The summed E-state index contributed by atoms with van der Waals surface area (Å²) in [5.41, 5.74) is 1.67. The van der Waals surface area contributed by atoms with Gasteiger partial charge in [-0.05, 0) is 91.5 Å². The smallest absolute Gasteiger partial charge is 0.348 e. The van der Waals surface area contributed by atoms with Gasteiger partial charge >= 0.3 is 5.97 Å². The molecule has 3 aliphatic carbocycles. The number of carboxylic acids is 1. The molecule has 1 amide bonds. The minimum absolute atomic E-state index is 0.0101.